The maximum atomic E-state index is 11.8. The number of aromatic nitrogens is 1. The minimum Gasteiger partial charge on any atom is -0.345 e. The number of hydrogen-bond acceptors (Lipinski definition) is 4. The molecule has 0 fully saturated rings. The summed E-state index contributed by atoms with van der Waals surface area (Å²) < 4.78 is 0. The number of amides is 1. The van der Waals surface area contributed by atoms with Crippen molar-refractivity contribution in [3.8, 4) is 0 Å². The van der Waals surface area contributed by atoms with Crippen molar-refractivity contribution in [3.05, 3.63) is 44.0 Å². The van der Waals surface area contributed by atoms with E-state index in [1.165, 1.54) is 15.8 Å². The highest BCUT2D eigenvalue weighted by molar-refractivity contribution is 7.12. The monoisotopic (exact) mass is 292 g/mol. The zero-order chi connectivity index (χ0) is 13.8. The highest BCUT2D eigenvalue weighted by Gasteiger charge is 2.09. The van der Waals surface area contributed by atoms with Gasteiger partial charge in [-0.1, -0.05) is 0 Å². The van der Waals surface area contributed by atoms with E-state index in [9.17, 15) is 4.79 Å². The van der Waals surface area contributed by atoms with E-state index in [0.29, 0.717) is 0 Å². The molecule has 2 heterocycles. The molecule has 19 heavy (non-hydrogen) atoms. The van der Waals surface area contributed by atoms with Crippen molar-refractivity contribution >= 4 is 34.7 Å². The van der Waals surface area contributed by atoms with Gasteiger partial charge in [-0.05, 0) is 39.0 Å². The van der Waals surface area contributed by atoms with Crippen LogP contribution in [0.25, 0.3) is 6.08 Å². The molecule has 100 valence electrons. The number of aryl methyl sites for hydroxylation is 2. The topological polar surface area (TPSA) is 42.0 Å². The van der Waals surface area contributed by atoms with Gasteiger partial charge in [-0.15, -0.1) is 22.7 Å². The normalized spacial score (nSPS) is 12.8. The zero-order valence-corrected chi connectivity index (χ0v) is 12.8. The third kappa shape index (κ3) is 4.01. The van der Waals surface area contributed by atoms with Crippen LogP contribution in [-0.2, 0) is 4.79 Å². The fourth-order valence-electron chi connectivity index (χ4n) is 1.64. The molecule has 0 unspecified atom stereocenters. The molecule has 1 N–H and O–H groups in total. The number of thiazole rings is 1. The van der Waals surface area contributed by atoms with Crippen molar-refractivity contribution in [2.45, 2.75) is 26.8 Å². The molecule has 0 radical (unpaired) electrons. The standard InChI is InChI=1S/C14H16N2OS2/c1-9-4-6-13(19-9)10(2)15-14(17)7-5-12-8-18-11(3)16-12/h4-8,10H,1-3H3,(H,15,17)/b7-5+/t10-/m0/s1. The fraction of sp³-hybridized carbons (Fsp3) is 0.286. The highest BCUT2D eigenvalue weighted by atomic mass is 32.1. The Bertz CT molecular complexity index is 598. The smallest absolute Gasteiger partial charge is 0.244 e. The van der Waals surface area contributed by atoms with E-state index >= 15 is 0 Å². The van der Waals surface area contributed by atoms with Gasteiger partial charge in [0.15, 0.2) is 0 Å². The third-order valence-electron chi connectivity index (χ3n) is 2.59. The molecule has 0 saturated carbocycles. The van der Waals surface area contributed by atoms with Gasteiger partial charge in [0.1, 0.15) is 0 Å². The van der Waals surface area contributed by atoms with Gasteiger partial charge < -0.3 is 5.32 Å². The van der Waals surface area contributed by atoms with Gasteiger partial charge in [0.2, 0.25) is 5.91 Å². The van der Waals surface area contributed by atoms with Crippen LogP contribution in [0.15, 0.2) is 23.6 Å². The summed E-state index contributed by atoms with van der Waals surface area (Å²) in [5.74, 6) is -0.0933. The van der Waals surface area contributed by atoms with Crippen LogP contribution >= 0.6 is 22.7 Å². The Kier molecular flexibility index (Phi) is 4.50. The highest BCUT2D eigenvalue weighted by Crippen LogP contribution is 2.22. The molecule has 2 aromatic heterocycles. The molecule has 5 heteroatoms. The lowest BCUT2D eigenvalue weighted by Gasteiger charge is -2.09. The quantitative estimate of drug-likeness (QED) is 0.873. The van der Waals surface area contributed by atoms with Crippen molar-refractivity contribution in [2.24, 2.45) is 0 Å². The Morgan fingerprint density at radius 3 is 2.79 bits per heavy atom. The predicted octanol–water partition coefficient (Wildman–Crippen LogP) is 3.71. The van der Waals surface area contributed by atoms with Crippen LogP contribution in [-0.4, -0.2) is 10.9 Å². The summed E-state index contributed by atoms with van der Waals surface area (Å²) >= 11 is 3.28. The second-order valence-corrected chi connectivity index (χ2v) is 6.69. The van der Waals surface area contributed by atoms with E-state index in [1.807, 2.05) is 19.2 Å². The van der Waals surface area contributed by atoms with Crippen LogP contribution in [0.4, 0.5) is 0 Å². The van der Waals surface area contributed by atoms with E-state index in [1.54, 1.807) is 28.7 Å². The average molecular weight is 292 g/mol. The van der Waals surface area contributed by atoms with Gasteiger partial charge in [-0.2, -0.15) is 0 Å². The van der Waals surface area contributed by atoms with Crippen LogP contribution < -0.4 is 5.32 Å². The van der Waals surface area contributed by atoms with Crippen LogP contribution in [0.5, 0.6) is 0 Å². The molecule has 0 aliphatic heterocycles. The predicted molar refractivity (Wildman–Crippen MR) is 81.5 cm³/mol. The molecule has 0 spiro atoms. The molecule has 1 atom stereocenters. The summed E-state index contributed by atoms with van der Waals surface area (Å²) in [7, 11) is 0. The summed E-state index contributed by atoms with van der Waals surface area (Å²) in [6.45, 7) is 6.00. The van der Waals surface area contributed by atoms with Crippen LogP contribution in [0, 0.1) is 13.8 Å². The Hall–Kier alpha value is -1.46. The van der Waals surface area contributed by atoms with Crippen molar-refractivity contribution in [2.75, 3.05) is 0 Å². The number of nitrogens with one attached hydrogen (secondary N) is 1. The summed E-state index contributed by atoms with van der Waals surface area (Å²) in [6, 6.07) is 4.16. The minimum atomic E-state index is -0.0933. The Balaban J connectivity index is 1.92. The zero-order valence-electron chi connectivity index (χ0n) is 11.1. The fourth-order valence-corrected chi connectivity index (χ4v) is 3.10. The van der Waals surface area contributed by atoms with E-state index in [2.05, 4.69) is 29.4 Å². The van der Waals surface area contributed by atoms with Gasteiger partial charge in [0, 0.05) is 21.2 Å². The molecule has 2 rings (SSSR count). The number of rotatable bonds is 4. The van der Waals surface area contributed by atoms with Gasteiger partial charge in [0.25, 0.3) is 0 Å². The lowest BCUT2D eigenvalue weighted by molar-refractivity contribution is -0.117. The van der Waals surface area contributed by atoms with Gasteiger partial charge in [-0.3, -0.25) is 4.79 Å². The number of nitrogens with zero attached hydrogens (tertiary/aromatic N) is 1. The summed E-state index contributed by atoms with van der Waals surface area (Å²) in [4.78, 5) is 18.5. The maximum absolute atomic E-state index is 11.8. The Morgan fingerprint density at radius 1 is 1.42 bits per heavy atom. The van der Waals surface area contributed by atoms with Crippen LogP contribution in [0.2, 0.25) is 0 Å². The first kappa shape index (κ1) is 14.0. The number of carbonyl (C=O) groups is 1. The SMILES string of the molecule is Cc1ccc([C@H](C)NC(=O)/C=C/c2csc(C)n2)s1. The molecule has 0 bridgehead atoms. The molecular formula is C14H16N2OS2. The lowest BCUT2D eigenvalue weighted by Crippen LogP contribution is -2.23. The van der Waals surface area contributed by atoms with E-state index in [0.717, 1.165) is 10.7 Å². The van der Waals surface area contributed by atoms with Crippen molar-refractivity contribution < 1.29 is 4.79 Å². The largest absolute Gasteiger partial charge is 0.345 e. The second kappa shape index (κ2) is 6.12. The van der Waals surface area contributed by atoms with Gasteiger partial charge in [-0.25, -0.2) is 4.98 Å². The second-order valence-electron chi connectivity index (χ2n) is 4.30. The number of carbonyl (C=O) groups excluding carboxylic acids is 1. The molecule has 0 aromatic carbocycles. The summed E-state index contributed by atoms with van der Waals surface area (Å²) in [5, 5.41) is 5.88. The first-order valence-corrected chi connectivity index (χ1v) is 7.71. The molecule has 2 aromatic rings. The van der Waals surface area contributed by atoms with Crippen LogP contribution in [0.1, 0.15) is 33.4 Å². The van der Waals surface area contributed by atoms with Crippen molar-refractivity contribution in [3.63, 3.8) is 0 Å². The molecule has 1 amide bonds. The molecule has 0 saturated heterocycles. The number of hydrogen-bond donors (Lipinski definition) is 1. The van der Waals surface area contributed by atoms with Gasteiger partial charge in [0.05, 0.1) is 16.7 Å². The van der Waals surface area contributed by atoms with Gasteiger partial charge >= 0.3 is 0 Å². The molecule has 3 nitrogen and oxygen atoms in total. The molecule has 0 aliphatic rings. The number of thiophene rings is 1. The average Bonchev–Trinajstić information content (AvgIpc) is 2.95. The van der Waals surface area contributed by atoms with Crippen molar-refractivity contribution in [1.29, 1.82) is 0 Å². The van der Waals surface area contributed by atoms with Crippen molar-refractivity contribution in [1.82, 2.24) is 10.3 Å². The van der Waals surface area contributed by atoms with E-state index < -0.39 is 0 Å². The summed E-state index contributed by atoms with van der Waals surface area (Å²) in [5.41, 5.74) is 0.831. The summed E-state index contributed by atoms with van der Waals surface area (Å²) in [6.07, 6.45) is 3.27. The van der Waals surface area contributed by atoms with E-state index in [4.69, 9.17) is 0 Å². The molecular weight excluding hydrogens is 276 g/mol. The molecule has 0 aliphatic carbocycles. The van der Waals surface area contributed by atoms with Crippen LogP contribution in [0.3, 0.4) is 0 Å². The minimum absolute atomic E-state index is 0.0352. The Morgan fingerprint density at radius 2 is 2.21 bits per heavy atom. The third-order valence-corrected chi connectivity index (χ3v) is 4.56. The first-order chi connectivity index (χ1) is 9.04. The first-order valence-electron chi connectivity index (χ1n) is 6.01. The van der Waals surface area contributed by atoms with E-state index in [-0.39, 0.29) is 11.9 Å². The Labute approximate surface area is 121 Å². The lowest BCUT2D eigenvalue weighted by atomic mass is 10.2. The maximum Gasteiger partial charge on any atom is 0.244 e.